The molecule has 0 aliphatic carbocycles. The van der Waals surface area contributed by atoms with E-state index < -0.39 is 0 Å². The molecule has 0 saturated carbocycles. The maximum Gasteiger partial charge on any atom is 0.106 e. The molecule has 1 heterocycles. The quantitative estimate of drug-likeness (QED) is 0.767. The smallest absolute Gasteiger partial charge is 0.106 e. The van der Waals surface area contributed by atoms with Crippen LogP contribution in [0.4, 0.5) is 0 Å². The minimum absolute atomic E-state index is 0. The van der Waals surface area contributed by atoms with Gasteiger partial charge in [-0.1, -0.05) is 64.4 Å². The topological polar surface area (TPSA) is 40.5 Å². The third-order valence-electron chi connectivity index (χ3n) is 4.79. The Morgan fingerprint density at radius 2 is 1.75 bits per heavy atom. The van der Waals surface area contributed by atoms with E-state index >= 15 is 0 Å². The van der Waals surface area contributed by atoms with Gasteiger partial charge in [0.1, 0.15) is 6.79 Å². The Balaban J connectivity index is 0. The standard InChI is InChI=1S/C18H29N.CH4O.CH2O.CH4/c1-3-16(4-2)12-13-18-11-8-14-19(18)15-17-9-6-5-7-10-17;2*1-2;/h5-7,9-10,16,18H,3-4,8,11-15H2,1-2H3;2H,1H3;1H2;1H4. The molecule has 2 rings (SSSR count). The van der Waals surface area contributed by atoms with Crippen LogP contribution >= 0.6 is 0 Å². The fourth-order valence-electron chi connectivity index (χ4n) is 3.37. The van der Waals surface area contributed by atoms with Gasteiger partial charge in [-0.2, -0.15) is 0 Å². The lowest BCUT2D eigenvalue weighted by Crippen LogP contribution is -2.29. The van der Waals surface area contributed by atoms with Crippen molar-refractivity contribution in [3.8, 4) is 0 Å². The fourth-order valence-corrected chi connectivity index (χ4v) is 3.37. The number of carbonyl (C=O) groups is 1. The number of rotatable bonds is 7. The number of nitrogens with zero attached hydrogens (tertiary/aromatic N) is 1. The Morgan fingerprint density at radius 1 is 1.17 bits per heavy atom. The summed E-state index contributed by atoms with van der Waals surface area (Å²) in [6.07, 6.45) is 8.32. The summed E-state index contributed by atoms with van der Waals surface area (Å²) in [5.41, 5.74) is 1.47. The molecule has 3 nitrogen and oxygen atoms in total. The van der Waals surface area contributed by atoms with Crippen LogP contribution in [0.5, 0.6) is 0 Å². The fraction of sp³-hybridized carbons (Fsp3) is 0.667. The first kappa shape index (κ1) is 25.1. The average Bonchev–Trinajstić information content (AvgIpc) is 3.07. The molecule has 0 radical (unpaired) electrons. The predicted octanol–water partition coefficient (Wildman–Crippen LogP) is 4.93. The van der Waals surface area contributed by atoms with E-state index in [0.717, 1.165) is 25.6 Å². The van der Waals surface area contributed by atoms with E-state index in [1.807, 2.05) is 6.79 Å². The van der Waals surface area contributed by atoms with Crippen LogP contribution in [-0.2, 0) is 11.3 Å². The summed E-state index contributed by atoms with van der Waals surface area (Å²) < 4.78 is 0. The minimum atomic E-state index is 0. The lowest BCUT2D eigenvalue weighted by molar-refractivity contribution is -0.0979. The Bertz CT molecular complexity index is 365. The van der Waals surface area contributed by atoms with Gasteiger partial charge in [-0.15, -0.1) is 0 Å². The maximum absolute atomic E-state index is 8.00. The monoisotopic (exact) mass is 337 g/mol. The molecule has 1 aromatic carbocycles. The van der Waals surface area contributed by atoms with E-state index in [1.165, 1.54) is 50.6 Å². The molecule has 1 aromatic rings. The molecule has 1 unspecified atom stereocenters. The molecule has 1 atom stereocenters. The summed E-state index contributed by atoms with van der Waals surface area (Å²) in [6, 6.07) is 11.8. The van der Waals surface area contributed by atoms with Gasteiger partial charge in [-0.25, -0.2) is 0 Å². The van der Waals surface area contributed by atoms with Gasteiger partial charge < -0.3 is 9.90 Å². The van der Waals surface area contributed by atoms with E-state index in [0.29, 0.717) is 0 Å². The van der Waals surface area contributed by atoms with Crippen molar-refractivity contribution in [2.75, 3.05) is 13.7 Å². The Morgan fingerprint density at radius 3 is 2.29 bits per heavy atom. The van der Waals surface area contributed by atoms with Gasteiger partial charge in [-0.3, -0.25) is 4.90 Å². The van der Waals surface area contributed by atoms with Crippen molar-refractivity contribution in [3.63, 3.8) is 0 Å². The normalized spacial score (nSPS) is 16.5. The van der Waals surface area contributed by atoms with Crippen LogP contribution in [0.1, 0.15) is 65.4 Å². The number of aliphatic hydroxyl groups is 1. The van der Waals surface area contributed by atoms with Crippen LogP contribution in [0, 0.1) is 5.92 Å². The van der Waals surface area contributed by atoms with E-state index in [4.69, 9.17) is 9.90 Å². The molecule has 0 aromatic heterocycles. The van der Waals surface area contributed by atoms with Crippen molar-refractivity contribution >= 4 is 6.79 Å². The molecule has 1 aliphatic rings. The largest absolute Gasteiger partial charge is 0.400 e. The van der Waals surface area contributed by atoms with Gasteiger partial charge in [0, 0.05) is 19.7 Å². The van der Waals surface area contributed by atoms with Crippen molar-refractivity contribution in [2.24, 2.45) is 5.92 Å². The first-order valence-corrected chi connectivity index (χ1v) is 8.85. The highest BCUT2D eigenvalue weighted by molar-refractivity contribution is 5.14. The second kappa shape index (κ2) is 16.7. The van der Waals surface area contributed by atoms with Gasteiger partial charge in [0.25, 0.3) is 0 Å². The van der Waals surface area contributed by atoms with Crippen LogP contribution in [0.3, 0.4) is 0 Å². The van der Waals surface area contributed by atoms with Crippen LogP contribution in [-0.4, -0.2) is 36.5 Å². The number of likely N-dealkylation sites (tertiary alicyclic amines) is 1. The molecule has 140 valence electrons. The highest BCUT2D eigenvalue weighted by Gasteiger charge is 2.24. The second-order valence-corrected chi connectivity index (χ2v) is 6.01. The van der Waals surface area contributed by atoms with Crippen molar-refractivity contribution in [1.29, 1.82) is 0 Å². The highest BCUT2D eigenvalue weighted by Crippen LogP contribution is 2.26. The van der Waals surface area contributed by atoms with Crippen molar-refractivity contribution < 1.29 is 9.90 Å². The maximum atomic E-state index is 8.00. The zero-order valence-corrected chi connectivity index (χ0v) is 15.2. The predicted molar refractivity (Wildman–Crippen MR) is 105 cm³/mol. The number of carbonyl (C=O) groups excluding carboxylic acids is 1. The first-order chi connectivity index (χ1) is 11.3. The van der Waals surface area contributed by atoms with Crippen molar-refractivity contribution in [2.45, 2.75) is 72.4 Å². The lowest BCUT2D eigenvalue weighted by Gasteiger charge is -2.26. The molecule has 24 heavy (non-hydrogen) atoms. The van der Waals surface area contributed by atoms with Crippen LogP contribution in [0.15, 0.2) is 30.3 Å². The third kappa shape index (κ3) is 9.19. The molecule has 0 spiro atoms. The summed E-state index contributed by atoms with van der Waals surface area (Å²) in [4.78, 5) is 10.7. The molecule has 0 bridgehead atoms. The number of hydrogen-bond donors (Lipinski definition) is 1. The molecule has 1 aliphatic heterocycles. The van der Waals surface area contributed by atoms with Gasteiger partial charge >= 0.3 is 0 Å². The summed E-state index contributed by atoms with van der Waals surface area (Å²) >= 11 is 0. The summed E-state index contributed by atoms with van der Waals surface area (Å²) in [6.45, 7) is 9.12. The molecular weight excluding hydrogens is 298 g/mol. The van der Waals surface area contributed by atoms with Gasteiger partial charge in [0.2, 0.25) is 0 Å². The van der Waals surface area contributed by atoms with Gasteiger partial charge in [-0.05, 0) is 43.7 Å². The second-order valence-electron chi connectivity index (χ2n) is 6.01. The Hall–Kier alpha value is -1.19. The summed E-state index contributed by atoms with van der Waals surface area (Å²) in [7, 11) is 1.00. The van der Waals surface area contributed by atoms with Gasteiger partial charge in [0.15, 0.2) is 0 Å². The highest BCUT2D eigenvalue weighted by atomic mass is 16.2. The van der Waals surface area contributed by atoms with Crippen LogP contribution < -0.4 is 0 Å². The minimum Gasteiger partial charge on any atom is -0.400 e. The third-order valence-corrected chi connectivity index (χ3v) is 4.79. The summed E-state index contributed by atoms with van der Waals surface area (Å²) in [5, 5.41) is 7.00. The molecule has 1 fully saturated rings. The number of hydrogen-bond acceptors (Lipinski definition) is 3. The Labute approximate surface area is 150 Å². The molecule has 3 heteroatoms. The van der Waals surface area contributed by atoms with Crippen LogP contribution in [0.25, 0.3) is 0 Å². The van der Waals surface area contributed by atoms with E-state index in [2.05, 4.69) is 49.1 Å². The average molecular weight is 338 g/mol. The summed E-state index contributed by atoms with van der Waals surface area (Å²) in [5.74, 6) is 0.944. The number of aliphatic hydroxyl groups excluding tert-OH is 1. The molecule has 1 N–H and O–H groups in total. The van der Waals surface area contributed by atoms with E-state index in [1.54, 1.807) is 0 Å². The first-order valence-electron chi connectivity index (χ1n) is 8.85. The van der Waals surface area contributed by atoms with Crippen molar-refractivity contribution in [3.05, 3.63) is 35.9 Å². The van der Waals surface area contributed by atoms with E-state index in [-0.39, 0.29) is 7.43 Å². The zero-order chi connectivity index (χ0) is 17.5. The van der Waals surface area contributed by atoms with Gasteiger partial charge in [0.05, 0.1) is 0 Å². The SMILES string of the molecule is C.C=O.CCC(CC)CCC1CCCN1Cc1ccccc1.CO. The Kier molecular flexibility index (Phi) is 17.4. The van der Waals surface area contributed by atoms with E-state index in [9.17, 15) is 0 Å². The molecular formula is C21H39NO2. The number of benzene rings is 1. The zero-order valence-electron chi connectivity index (χ0n) is 15.2. The van der Waals surface area contributed by atoms with Crippen molar-refractivity contribution in [1.82, 2.24) is 4.90 Å². The van der Waals surface area contributed by atoms with Crippen LogP contribution in [0.2, 0.25) is 0 Å². The molecule has 1 saturated heterocycles. The lowest BCUT2D eigenvalue weighted by atomic mass is 9.94. The molecule has 0 amide bonds.